The summed E-state index contributed by atoms with van der Waals surface area (Å²) in [5.41, 5.74) is 2.47. The van der Waals surface area contributed by atoms with Crippen LogP contribution in [0.2, 0.25) is 0 Å². The van der Waals surface area contributed by atoms with Gasteiger partial charge in [-0.2, -0.15) is 0 Å². The van der Waals surface area contributed by atoms with Gasteiger partial charge in [0, 0.05) is 29.5 Å². The van der Waals surface area contributed by atoms with E-state index in [2.05, 4.69) is 57.4 Å². The van der Waals surface area contributed by atoms with Crippen molar-refractivity contribution in [2.45, 2.75) is 19.5 Å². The van der Waals surface area contributed by atoms with Crippen molar-refractivity contribution in [2.24, 2.45) is 0 Å². The van der Waals surface area contributed by atoms with Gasteiger partial charge < -0.3 is 5.32 Å². The molecule has 0 bridgehead atoms. The molecule has 1 N–H and O–H groups in total. The second kappa shape index (κ2) is 5.94. The van der Waals surface area contributed by atoms with Crippen molar-refractivity contribution in [2.75, 3.05) is 0 Å². The van der Waals surface area contributed by atoms with Gasteiger partial charge in [-0.3, -0.25) is 4.98 Å². The number of hydrogen-bond acceptors (Lipinski definition) is 2. The maximum Gasteiger partial charge on any atom is 0.0315 e. The third-order valence-corrected chi connectivity index (χ3v) is 3.51. The molecule has 2 nitrogen and oxygen atoms in total. The van der Waals surface area contributed by atoms with E-state index in [1.165, 1.54) is 11.1 Å². The fraction of sp³-hybridized carbons (Fsp3) is 0.214. The van der Waals surface area contributed by atoms with E-state index >= 15 is 0 Å². The molecule has 0 radical (unpaired) electrons. The summed E-state index contributed by atoms with van der Waals surface area (Å²) in [4.78, 5) is 4.13. The third kappa shape index (κ3) is 3.38. The number of aromatic nitrogens is 1. The average molecular weight is 291 g/mol. The minimum atomic E-state index is 0.302. The molecule has 88 valence electrons. The first kappa shape index (κ1) is 12.3. The highest BCUT2D eigenvalue weighted by Gasteiger charge is 2.05. The summed E-state index contributed by atoms with van der Waals surface area (Å²) in [6, 6.07) is 12.6. The predicted octanol–water partition coefficient (Wildman–Crippen LogP) is 3.69. The molecule has 2 aromatic rings. The van der Waals surface area contributed by atoms with Crippen LogP contribution in [0.15, 0.2) is 53.3 Å². The lowest BCUT2D eigenvalue weighted by Crippen LogP contribution is -2.18. The smallest absolute Gasteiger partial charge is 0.0315 e. The van der Waals surface area contributed by atoms with E-state index in [1.54, 1.807) is 6.20 Å². The predicted molar refractivity (Wildman–Crippen MR) is 73.6 cm³/mol. The number of pyridine rings is 1. The van der Waals surface area contributed by atoms with Gasteiger partial charge in [-0.05, 0) is 30.2 Å². The number of nitrogens with zero attached hydrogens (tertiary/aromatic N) is 1. The Kier molecular flexibility index (Phi) is 4.29. The summed E-state index contributed by atoms with van der Waals surface area (Å²) in [5, 5.41) is 3.49. The number of halogens is 1. The molecule has 0 unspecified atom stereocenters. The van der Waals surface area contributed by atoms with Crippen molar-refractivity contribution in [3.63, 3.8) is 0 Å². The quantitative estimate of drug-likeness (QED) is 0.929. The summed E-state index contributed by atoms with van der Waals surface area (Å²) in [5.74, 6) is 0. The van der Waals surface area contributed by atoms with Crippen molar-refractivity contribution in [3.05, 3.63) is 64.4 Å². The maximum atomic E-state index is 4.13. The van der Waals surface area contributed by atoms with Crippen molar-refractivity contribution >= 4 is 15.9 Å². The van der Waals surface area contributed by atoms with E-state index in [9.17, 15) is 0 Å². The van der Waals surface area contributed by atoms with E-state index in [-0.39, 0.29) is 0 Å². The zero-order chi connectivity index (χ0) is 12.1. The van der Waals surface area contributed by atoms with E-state index in [0.717, 1.165) is 11.0 Å². The molecule has 2 rings (SSSR count). The molecule has 0 aliphatic carbocycles. The van der Waals surface area contributed by atoms with Crippen LogP contribution in [-0.2, 0) is 6.54 Å². The third-order valence-electron chi connectivity index (χ3n) is 2.74. The van der Waals surface area contributed by atoms with Gasteiger partial charge in [-0.15, -0.1) is 0 Å². The number of hydrogen-bond donors (Lipinski definition) is 1. The first-order valence-corrected chi connectivity index (χ1v) is 6.43. The Morgan fingerprint density at radius 2 is 2.06 bits per heavy atom. The minimum Gasteiger partial charge on any atom is -0.306 e. The molecule has 0 fully saturated rings. The second-order valence-electron chi connectivity index (χ2n) is 3.98. The fourth-order valence-electron chi connectivity index (χ4n) is 1.65. The minimum absolute atomic E-state index is 0.302. The molecule has 0 amide bonds. The number of benzene rings is 1. The first-order chi connectivity index (χ1) is 8.27. The molecule has 0 aliphatic heterocycles. The Labute approximate surface area is 110 Å². The van der Waals surface area contributed by atoms with Gasteiger partial charge in [0.1, 0.15) is 0 Å². The molecule has 1 heterocycles. The molecule has 0 saturated carbocycles. The van der Waals surface area contributed by atoms with Crippen LogP contribution in [0.1, 0.15) is 24.1 Å². The van der Waals surface area contributed by atoms with Crippen molar-refractivity contribution < 1.29 is 0 Å². The lowest BCUT2D eigenvalue weighted by atomic mass is 10.1. The molecular weight excluding hydrogens is 276 g/mol. The van der Waals surface area contributed by atoms with Crippen LogP contribution in [0.4, 0.5) is 0 Å². The standard InChI is InChI=1S/C14H15BrN2/c1-11(12-6-4-8-16-9-12)17-10-13-5-2-3-7-14(13)15/h2-9,11,17H,10H2,1H3/t11-/m0/s1. The van der Waals surface area contributed by atoms with Gasteiger partial charge in [0.15, 0.2) is 0 Å². The van der Waals surface area contributed by atoms with Crippen molar-refractivity contribution in [3.8, 4) is 0 Å². The van der Waals surface area contributed by atoms with E-state index in [1.807, 2.05) is 18.3 Å². The summed E-state index contributed by atoms with van der Waals surface area (Å²) in [7, 11) is 0. The van der Waals surface area contributed by atoms with Gasteiger partial charge in [0.05, 0.1) is 0 Å². The van der Waals surface area contributed by atoms with Gasteiger partial charge in [0.25, 0.3) is 0 Å². The molecule has 3 heteroatoms. The lowest BCUT2D eigenvalue weighted by Gasteiger charge is -2.14. The van der Waals surface area contributed by atoms with Crippen molar-refractivity contribution in [1.82, 2.24) is 10.3 Å². The average Bonchev–Trinajstić information content (AvgIpc) is 2.38. The second-order valence-corrected chi connectivity index (χ2v) is 4.83. The maximum absolute atomic E-state index is 4.13. The zero-order valence-electron chi connectivity index (χ0n) is 9.73. The Morgan fingerprint density at radius 1 is 1.24 bits per heavy atom. The Morgan fingerprint density at radius 3 is 2.76 bits per heavy atom. The van der Waals surface area contributed by atoms with Gasteiger partial charge >= 0.3 is 0 Å². The monoisotopic (exact) mass is 290 g/mol. The van der Waals surface area contributed by atoms with E-state index in [4.69, 9.17) is 0 Å². The van der Waals surface area contributed by atoms with Gasteiger partial charge in [-0.25, -0.2) is 0 Å². The van der Waals surface area contributed by atoms with Crippen LogP contribution in [-0.4, -0.2) is 4.98 Å². The molecule has 0 saturated heterocycles. The summed E-state index contributed by atoms with van der Waals surface area (Å²) >= 11 is 3.55. The highest BCUT2D eigenvalue weighted by Crippen LogP contribution is 2.17. The molecule has 0 aliphatic rings. The summed E-state index contributed by atoms with van der Waals surface area (Å²) in [6.07, 6.45) is 3.70. The highest BCUT2D eigenvalue weighted by molar-refractivity contribution is 9.10. The summed E-state index contributed by atoms with van der Waals surface area (Å²) < 4.78 is 1.14. The Bertz CT molecular complexity index is 471. The number of rotatable bonds is 4. The first-order valence-electron chi connectivity index (χ1n) is 5.64. The Hall–Kier alpha value is -1.19. The zero-order valence-corrected chi connectivity index (χ0v) is 11.3. The SMILES string of the molecule is C[C@H](NCc1ccccc1Br)c1cccnc1. The largest absolute Gasteiger partial charge is 0.306 e. The number of nitrogens with one attached hydrogen (secondary N) is 1. The van der Waals surface area contributed by atoms with E-state index < -0.39 is 0 Å². The van der Waals surface area contributed by atoms with Crippen LogP contribution >= 0.6 is 15.9 Å². The van der Waals surface area contributed by atoms with Crippen LogP contribution in [0.25, 0.3) is 0 Å². The Balaban J connectivity index is 1.97. The van der Waals surface area contributed by atoms with Crippen LogP contribution < -0.4 is 5.32 Å². The molecular formula is C14H15BrN2. The molecule has 1 aromatic heterocycles. The molecule has 0 spiro atoms. The lowest BCUT2D eigenvalue weighted by molar-refractivity contribution is 0.572. The molecule has 17 heavy (non-hydrogen) atoms. The highest BCUT2D eigenvalue weighted by atomic mass is 79.9. The van der Waals surface area contributed by atoms with E-state index in [0.29, 0.717) is 6.04 Å². The molecule has 1 atom stereocenters. The normalized spacial score (nSPS) is 12.4. The topological polar surface area (TPSA) is 24.9 Å². The molecule has 1 aromatic carbocycles. The fourth-order valence-corrected chi connectivity index (χ4v) is 2.08. The van der Waals surface area contributed by atoms with Crippen LogP contribution in [0, 0.1) is 0 Å². The van der Waals surface area contributed by atoms with Crippen molar-refractivity contribution in [1.29, 1.82) is 0 Å². The van der Waals surface area contributed by atoms with Gasteiger partial charge in [-0.1, -0.05) is 40.2 Å². The van der Waals surface area contributed by atoms with Crippen LogP contribution in [0.5, 0.6) is 0 Å². The van der Waals surface area contributed by atoms with Gasteiger partial charge in [0.2, 0.25) is 0 Å². The van der Waals surface area contributed by atoms with Crippen LogP contribution in [0.3, 0.4) is 0 Å². The summed E-state index contributed by atoms with van der Waals surface area (Å²) in [6.45, 7) is 2.99.